The van der Waals surface area contributed by atoms with Crippen molar-refractivity contribution in [3.63, 3.8) is 0 Å². The lowest BCUT2D eigenvalue weighted by molar-refractivity contribution is 0.245. The average Bonchev–Trinajstić information content (AvgIpc) is 2.95. The van der Waals surface area contributed by atoms with E-state index in [-0.39, 0.29) is 0 Å². The highest BCUT2D eigenvalue weighted by Gasteiger charge is 2.26. The van der Waals surface area contributed by atoms with E-state index >= 15 is 0 Å². The Hall–Kier alpha value is -2.01. The normalized spacial score (nSPS) is 18.6. The molecule has 0 aromatic carbocycles. The lowest BCUT2D eigenvalue weighted by atomic mass is 10.1. The lowest BCUT2D eigenvalue weighted by Crippen LogP contribution is -2.24. The van der Waals surface area contributed by atoms with Gasteiger partial charge in [0.15, 0.2) is 0 Å². The van der Waals surface area contributed by atoms with Gasteiger partial charge < -0.3 is 4.90 Å². The Labute approximate surface area is 132 Å². The molecule has 1 saturated heterocycles. The number of hydrogen-bond donors (Lipinski definition) is 0. The number of rotatable bonds is 4. The van der Waals surface area contributed by atoms with Crippen molar-refractivity contribution in [2.24, 2.45) is 0 Å². The molecule has 3 heterocycles. The Morgan fingerprint density at radius 1 is 1.23 bits per heavy atom. The van der Waals surface area contributed by atoms with E-state index in [1.165, 1.54) is 18.4 Å². The second kappa shape index (κ2) is 6.40. The quantitative estimate of drug-likeness (QED) is 0.868. The minimum Gasteiger partial charge on any atom is -0.363 e. The van der Waals surface area contributed by atoms with Crippen LogP contribution in [0.2, 0.25) is 0 Å². The third kappa shape index (κ3) is 3.25. The zero-order chi connectivity index (χ0) is 15.5. The number of aromatic nitrogens is 3. The van der Waals surface area contributed by atoms with Crippen molar-refractivity contribution >= 4 is 5.82 Å². The van der Waals surface area contributed by atoms with E-state index in [9.17, 15) is 0 Å². The first-order valence-electron chi connectivity index (χ1n) is 7.79. The van der Waals surface area contributed by atoms with E-state index in [1.807, 2.05) is 39.5 Å². The first-order chi connectivity index (χ1) is 10.6. The number of nitrogens with zero attached hydrogens (tertiary/aromatic N) is 5. The maximum absolute atomic E-state index is 4.54. The molecule has 22 heavy (non-hydrogen) atoms. The largest absolute Gasteiger partial charge is 0.363 e. The monoisotopic (exact) mass is 297 g/mol. The molecule has 1 aliphatic rings. The molecular weight excluding hydrogens is 274 g/mol. The standard InChI is InChI=1S/C17H23N5/c1-13-18-9-7-15(20-13)12-22-10-4-5-16(22)14-6-8-19-17(11-14)21(2)3/h6-9,11,16H,4-5,10,12H2,1-3H3. The van der Waals surface area contributed by atoms with Crippen LogP contribution in [0, 0.1) is 6.92 Å². The van der Waals surface area contributed by atoms with E-state index in [2.05, 4.69) is 36.9 Å². The zero-order valence-electron chi connectivity index (χ0n) is 13.5. The number of anilines is 1. The van der Waals surface area contributed by atoms with Gasteiger partial charge in [-0.05, 0) is 50.1 Å². The summed E-state index contributed by atoms with van der Waals surface area (Å²) in [6.07, 6.45) is 6.19. The molecule has 3 rings (SSSR count). The Bertz CT molecular complexity index is 640. The summed E-state index contributed by atoms with van der Waals surface area (Å²) in [6.45, 7) is 3.94. The van der Waals surface area contributed by atoms with Gasteiger partial charge in [0.2, 0.25) is 0 Å². The molecule has 1 aliphatic heterocycles. The highest BCUT2D eigenvalue weighted by Crippen LogP contribution is 2.33. The number of hydrogen-bond acceptors (Lipinski definition) is 5. The summed E-state index contributed by atoms with van der Waals surface area (Å²) >= 11 is 0. The van der Waals surface area contributed by atoms with Crippen molar-refractivity contribution < 1.29 is 0 Å². The van der Waals surface area contributed by atoms with Crippen LogP contribution in [-0.4, -0.2) is 40.5 Å². The summed E-state index contributed by atoms with van der Waals surface area (Å²) in [6, 6.07) is 6.81. The summed E-state index contributed by atoms with van der Waals surface area (Å²) in [5.41, 5.74) is 2.45. The highest BCUT2D eigenvalue weighted by atomic mass is 15.2. The Morgan fingerprint density at radius 3 is 2.82 bits per heavy atom. The van der Waals surface area contributed by atoms with Crippen molar-refractivity contribution in [3.8, 4) is 0 Å². The molecule has 1 unspecified atom stereocenters. The molecular formula is C17H23N5. The summed E-state index contributed by atoms with van der Waals surface area (Å²) in [5, 5.41) is 0. The first-order valence-corrected chi connectivity index (χ1v) is 7.79. The van der Waals surface area contributed by atoms with Crippen LogP contribution in [0.15, 0.2) is 30.6 Å². The van der Waals surface area contributed by atoms with Crippen LogP contribution in [0.4, 0.5) is 5.82 Å². The van der Waals surface area contributed by atoms with Gasteiger partial charge in [0, 0.05) is 39.1 Å². The van der Waals surface area contributed by atoms with Gasteiger partial charge in [-0.25, -0.2) is 15.0 Å². The second-order valence-corrected chi connectivity index (χ2v) is 6.07. The number of likely N-dealkylation sites (tertiary alicyclic amines) is 1. The summed E-state index contributed by atoms with van der Waals surface area (Å²) < 4.78 is 0. The Balaban J connectivity index is 1.79. The molecule has 0 bridgehead atoms. The van der Waals surface area contributed by atoms with Crippen LogP contribution >= 0.6 is 0 Å². The fraction of sp³-hybridized carbons (Fsp3) is 0.471. The maximum atomic E-state index is 4.54. The molecule has 0 amide bonds. The number of pyridine rings is 1. The van der Waals surface area contributed by atoms with Crippen molar-refractivity contribution in [1.82, 2.24) is 19.9 Å². The molecule has 0 spiro atoms. The van der Waals surface area contributed by atoms with Gasteiger partial charge in [-0.1, -0.05) is 0 Å². The van der Waals surface area contributed by atoms with Crippen LogP contribution in [0.3, 0.4) is 0 Å². The minimum absolute atomic E-state index is 0.456. The Kier molecular flexibility index (Phi) is 4.34. The van der Waals surface area contributed by atoms with Gasteiger partial charge in [0.1, 0.15) is 11.6 Å². The average molecular weight is 297 g/mol. The molecule has 0 N–H and O–H groups in total. The molecule has 1 fully saturated rings. The van der Waals surface area contributed by atoms with Crippen LogP contribution in [0.25, 0.3) is 0 Å². The van der Waals surface area contributed by atoms with Gasteiger partial charge in [-0.15, -0.1) is 0 Å². The third-order valence-corrected chi connectivity index (χ3v) is 4.17. The summed E-state index contributed by atoms with van der Waals surface area (Å²) in [7, 11) is 4.06. The SMILES string of the molecule is Cc1nccc(CN2CCCC2c2ccnc(N(C)C)c2)n1. The molecule has 0 aliphatic carbocycles. The maximum Gasteiger partial charge on any atom is 0.128 e. The number of aryl methyl sites for hydroxylation is 1. The summed E-state index contributed by atoms with van der Waals surface area (Å²) in [5.74, 6) is 1.86. The molecule has 2 aromatic heterocycles. The molecule has 1 atom stereocenters. The topological polar surface area (TPSA) is 45.2 Å². The molecule has 0 saturated carbocycles. The molecule has 2 aromatic rings. The van der Waals surface area contributed by atoms with E-state index in [1.54, 1.807) is 0 Å². The Morgan fingerprint density at radius 2 is 2.05 bits per heavy atom. The summed E-state index contributed by atoms with van der Waals surface area (Å²) in [4.78, 5) is 17.7. The molecule has 0 radical (unpaired) electrons. The fourth-order valence-corrected chi connectivity index (χ4v) is 3.08. The van der Waals surface area contributed by atoms with Crippen LogP contribution in [0.1, 0.15) is 36.0 Å². The predicted molar refractivity (Wildman–Crippen MR) is 87.7 cm³/mol. The van der Waals surface area contributed by atoms with Crippen molar-refractivity contribution in [2.75, 3.05) is 25.5 Å². The van der Waals surface area contributed by atoms with E-state index in [4.69, 9.17) is 0 Å². The van der Waals surface area contributed by atoms with Gasteiger partial charge >= 0.3 is 0 Å². The van der Waals surface area contributed by atoms with Crippen LogP contribution in [-0.2, 0) is 6.54 Å². The van der Waals surface area contributed by atoms with Crippen molar-refractivity contribution in [3.05, 3.63) is 47.7 Å². The zero-order valence-corrected chi connectivity index (χ0v) is 13.5. The van der Waals surface area contributed by atoms with E-state index in [0.717, 1.165) is 30.4 Å². The van der Waals surface area contributed by atoms with E-state index in [0.29, 0.717) is 6.04 Å². The highest BCUT2D eigenvalue weighted by molar-refractivity contribution is 5.40. The van der Waals surface area contributed by atoms with Crippen LogP contribution in [0.5, 0.6) is 0 Å². The van der Waals surface area contributed by atoms with Gasteiger partial charge in [-0.2, -0.15) is 0 Å². The fourth-order valence-electron chi connectivity index (χ4n) is 3.08. The molecule has 5 heteroatoms. The lowest BCUT2D eigenvalue weighted by Gasteiger charge is -2.25. The second-order valence-electron chi connectivity index (χ2n) is 6.07. The van der Waals surface area contributed by atoms with Crippen molar-refractivity contribution in [2.45, 2.75) is 32.4 Å². The molecule has 5 nitrogen and oxygen atoms in total. The van der Waals surface area contributed by atoms with Crippen molar-refractivity contribution in [1.29, 1.82) is 0 Å². The van der Waals surface area contributed by atoms with Gasteiger partial charge in [0.05, 0.1) is 5.69 Å². The van der Waals surface area contributed by atoms with Gasteiger partial charge in [0.25, 0.3) is 0 Å². The van der Waals surface area contributed by atoms with Gasteiger partial charge in [-0.3, -0.25) is 4.90 Å². The molecule has 116 valence electrons. The third-order valence-electron chi connectivity index (χ3n) is 4.17. The minimum atomic E-state index is 0.456. The predicted octanol–water partition coefficient (Wildman–Crippen LogP) is 2.58. The smallest absolute Gasteiger partial charge is 0.128 e. The van der Waals surface area contributed by atoms with Crippen LogP contribution < -0.4 is 4.90 Å². The first kappa shape index (κ1) is 14.9. The van der Waals surface area contributed by atoms with E-state index < -0.39 is 0 Å².